The highest BCUT2D eigenvalue weighted by Crippen LogP contribution is 2.20. The van der Waals surface area contributed by atoms with E-state index in [2.05, 4.69) is 46.7 Å². The number of nitrogens with zero attached hydrogens (tertiary/aromatic N) is 1. The normalized spacial score (nSPS) is 16.0. The minimum atomic E-state index is -0.453. The Morgan fingerprint density at radius 1 is 1.22 bits per heavy atom. The van der Waals surface area contributed by atoms with Crippen LogP contribution in [0.25, 0.3) is 0 Å². The van der Waals surface area contributed by atoms with Crippen LogP contribution in [-0.2, 0) is 4.74 Å². The third-order valence-electron chi connectivity index (χ3n) is 4.51. The van der Waals surface area contributed by atoms with Gasteiger partial charge >= 0.3 is 0 Å². The molecule has 2 aromatic carbocycles. The van der Waals surface area contributed by atoms with Gasteiger partial charge in [-0.3, -0.25) is 4.90 Å². The van der Waals surface area contributed by atoms with Gasteiger partial charge in [-0.25, -0.2) is 4.39 Å². The van der Waals surface area contributed by atoms with Crippen molar-refractivity contribution in [3.05, 3.63) is 64.4 Å². The maximum Gasteiger partial charge on any atom is 0.171 e. The molecular formula is C20H23ClFN3OS. The largest absolute Gasteiger partial charge is 0.379 e. The van der Waals surface area contributed by atoms with Gasteiger partial charge in [0.2, 0.25) is 0 Å². The molecule has 0 aliphatic carbocycles. The van der Waals surface area contributed by atoms with Crippen molar-refractivity contribution in [3.8, 4) is 0 Å². The number of nitrogens with one attached hydrogen (secondary N) is 2. The topological polar surface area (TPSA) is 36.5 Å². The fourth-order valence-corrected chi connectivity index (χ4v) is 3.42. The molecule has 0 saturated carbocycles. The summed E-state index contributed by atoms with van der Waals surface area (Å²) in [7, 11) is 0. The molecule has 0 radical (unpaired) electrons. The van der Waals surface area contributed by atoms with Crippen LogP contribution in [0.15, 0.2) is 42.5 Å². The van der Waals surface area contributed by atoms with E-state index in [1.54, 1.807) is 6.07 Å². The van der Waals surface area contributed by atoms with Gasteiger partial charge in [0.05, 0.1) is 24.3 Å². The molecule has 2 N–H and O–H groups in total. The number of hydrogen-bond acceptors (Lipinski definition) is 3. The zero-order valence-electron chi connectivity index (χ0n) is 15.2. The zero-order chi connectivity index (χ0) is 19.2. The standard InChI is InChI=1S/C20H23ClFN3OS/c1-14-2-4-15(5-3-14)19(13-25-8-10-26-11-9-25)24-20(27)23-16-6-7-18(22)17(21)12-16/h2-7,12,19H,8-11,13H2,1H3,(H2,23,24,27)/t19-/m0/s1. The van der Waals surface area contributed by atoms with Gasteiger partial charge in [0.1, 0.15) is 5.82 Å². The first-order chi connectivity index (χ1) is 13.0. The number of thiocarbonyl (C=S) groups is 1. The highest BCUT2D eigenvalue weighted by atomic mass is 35.5. The minimum absolute atomic E-state index is 0.0274. The molecule has 7 heteroatoms. The summed E-state index contributed by atoms with van der Waals surface area (Å²) >= 11 is 11.3. The molecule has 1 heterocycles. The van der Waals surface area contributed by atoms with Crippen LogP contribution in [0.3, 0.4) is 0 Å². The second kappa shape index (κ2) is 9.46. The van der Waals surface area contributed by atoms with Gasteiger partial charge in [-0.1, -0.05) is 41.4 Å². The Labute approximate surface area is 169 Å². The van der Waals surface area contributed by atoms with Crippen LogP contribution in [0.5, 0.6) is 0 Å². The van der Waals surface area contributed by atoms with Crippen LogP contribution in [0.1, 0.15) is 17.2 Å². The third-order valence-corrected chi connectivity index (χ3v) is 5.02. The molecule has 2 aromatic rings. The van der Waals surface area contributed by atoms with Crippen LogP contribution in [-0.4, -0.2) is 42.9 Å². The van der Waals surface area contributed by atoms with Crippen molar-refractivity contribution in [3.63, 3.8) is 0 Å². The van der Waals surface area contributed by atoms with E-state index in [0.29, 0.717) is 10.8 Å². The molecule has 4 nitrogen and oxygen atoms in total. The molecule has 0 aromatic heterocycles. The van der Waals surface area contributed by atoms with E-state index in [0.717, 1.165) is 38.4 Å². The van der Waals surface area contributed by atoms with Crippen molar-refractivity contribution in [2.24, 2.45) is 0 Å². The number of anilines is 1. The van der Waals surface area contributed by atoms with Crippen LogP contribution in [0.4, 0.5) is 10.1 Å². The molecule has 3 rings (SSSR count). The summed E-state index contributed by atoms with van der Waals surface area (Å²) in [5.74, 6) is -0.453. The molecule has 1 aliphatic heterocycles. The highest BCUT2D eigenvalue weighted by molar-refractivity contribution is 7.80. The SMILES string of the molecule is Cc1ccc([C@H](CN2CCOCC2)NC(=S)Nc2ccc(F)c(Cl)c2)cc1. The van der Waals surface area contributed by atoms with Gasteiger partial charge in [0.15, 0.2) is 5.11 Å². The zero-order valence-corrected chi connectivity index (χ0v) is 16.7. The van der Waals surface area contributed by atoms with Crippen LogP contribution >= 0.6 is 23.8 Å². The Bertz CT molecular complexity index is 781. The molecule has 1 fully saturated rings. The number of hydrogen-bond donors (Lipinski definition) is 2. The number of ether oxygens (including phenoxy) is 1. The van der Waals surface area contributed by atoms with Crippen molar-refractivity contribution in [2.45, 2.75) is 13.0 Å². The third kappa shape index (κ3) is 5.87. The van der Waals surface area contributed by atoms with Crippen LogP contribution < -0.4 is 10.6 Å². The van der Waals surface area contributed by atoms with Crippen molar-refractivity contribution < 1.29 is 9.13 Å². The molecule has 144 valence electrons. The molecule has 1 aliphatic rings. The first-order valence-electron chi connectivity index (χ1n) is 8.90. The van der Waals surface area contributed by atoms with Gasteiger partial charge in [-0.05, 0) is 42.9 Å². The maximum absolute atomic E-state index is 13.3. The Morgan fingerprint density at radius 2 is 1.93 bits per heavy atom. The second-order valence-corrected chi connectivity index (χ2v) is 7.42. The Hall–Kier alpha value is -1.73. The lowest BCUT2D eigenvalue weighted by Crippen LogP contribution is -2.44. The first-order valence-corrected chi connectivity index (χ1v) is 9.69. The van der Waals surface area contributed by atoms with Crippen molar-refractivity contribution in [1.29, 1.82) is 0 Å². The van der Waals surface area contributed by atoms with Crippen LogP contribution in [0.2, 0.25) is 5.02 Å². The predicted octanol–water partition coefficient (Wildman–Crippen LogP) is 4.15. The fraction of sp³-hybridized carbons (Fsp3) is 0.350. The lowest BCUT2D eigenvalue weighted by Gasteiger charge is -2.31. The molecule has 0 amide bonds. The number of halogens is 2. The summed E-state index contributed by atoms with van der Waals surface area (Å²) < 4.78 is 18.8. The summed E-state index contributed by atoms with van der Waals surface area (Å²) in [4.78, 5) is 2.36. The molecule has 0 spiro atoms. The van der Waals surface area contributed by atoms with Crippen molar-refractivity contribution >= 4 is 34.6 Å². The molecular weight excluding hydrogens is 385 g/mol. The summed E-state index contributed by atoms with van der Waals surface area (Å²) in [5.41, 5.74) is 3.02. The minimum Gasteiger partial charge on any atom is -0.379 e. The highest BCUT2D eigenvalue weighted by Gasteiger charge is 2.19. The predicted molar refractivity (Wildman–Crippen MR) is 112 cm³/mol. The molecule has 1 atom stereocenters. The van der Waals surface area contributed by atoms with E-state index in [4.69, 9.17) is 28.6 Å². The summed E-state index contributed by atoms with van der Waals surface area (Å²) in [6.07, 6.45) is 0. The summed E-state index contributed by atoms with van der Waals surface area (Å²) in [6.45, 7) is 6.18. The van der Waals surface area contributed by atoms with E-state index < -0.39 is 5.82 Å². The maximum atomic E-state index is 13.3. The van der Waals surface area contributed by atoms with Gasteiger partial charge in [-0.2, -0.15) is 0 Å². The van der Waals surface area contributed by atoms with Crippen molar-refractivity contribution in [2.75, 3.05) is 38.2 Å². The first kappa shape index (κ1) is 20.0. The monoisotopic (exact) mass is 407 g/mol. The number of morpholine rings is 1. The fourth-order valence-electron chi connectivity index (χ4n) is 2.97. The van der Waals surface area contributed by atoms with E-state index in [9.17, 15) is 4.39 Å². The van der Waals surface area contributed by atoms with Crippen molar-refractivity contribution in [1.82, 2.24) is 10.2 Å². The van der Waals surface area contributed by atoms with Gasteiger partial charge in [0, 0.05) is 25.3 Å². The van der Waals surface area contributed by atoms with E-state index in [1.807, 2.05) is 0 Å². The van der Waals surface area contributed by atoms with Gasteiger partial charge < -0.3 is 15.4 Å². The second-order valence-electron chi connectivity index (χ2n) is 6.60. The summed E-state index contributed by atoms with van der Waals surface area (Å²) in [6, 6.07) is 12.9. The Kier molecular flexibility index (Phi) is 7.01. The molecule has 27 heavy (non-hydrogen) atoms. The molecule has 0 bridgehead atoms. The average Bonchev–Trinajstić information content (AvgIpc) is 2.66. The number of rotatable bonds is 5. The molecule has 0 unspecified atom stereocenters. The van der Waals surface area contributed by atoms with Gasteiger partial charge in [0.25, 0.3) is 0 Å². The Morgan fingerprint density at radius 3 is 2.59 bits per heavy atom. The smallest absolute Gasteiger partial charge is 0.171 e. The van der Waals surface area contributed by atoms with E-state index >= 15 is 0 Å². The van der Waals surface area contributed by atoms with Crippen LogP contribution in [0, 0.1) is 12.7 Å². The Balaban J connectivity index is 1.70. The lowest BCUT2D eigenvalue weighted by molar-refractivity contribution is 0.0344. The van der Waals surface area contributed by atoms with Gasteiger partial charge in [-0.15, -0.1) is 0 Å². The number of benzene rings is 2. The van der Waals surface area contributed by atoms with E-state index in [1.165, 1.54) is 17.7 Å². The molecule has 1 saturated heterocycles. The number of aryl methyl sites for hydroxylation is 1. The average molecular weight is 408 g/mol. The summed E-state index contributed by atoms with van der Waals surface area (Å²) in [5, 5.41) is 7.00. The lowest BCUT2D eigenvalue weighted by atomic mass is 10.0. The quantitative estimate of drug-likeness (QED) is 0.728. The van der Waals surface area contributed by atoms with E-state index in [-0.39, 0.29) is 11.1 Å².